The lowest BCUT2D eigenvalue weighted by Crippen LogP contribution is -2.55. The molecule has 1 fully saturated rings. The van der Waals surface area contributed by atoms with Crippen molar-refractivity contribution in [3.05, 3.63) is 0 Å². The summed E-state index contributed by atoms with van der Waals surface area (Å²) in [7, 11) is 0. The van der Waals surface area contributed by atoms with Crippen molar-refractivity contribution in [3.8, 4) is 0 Å². The fourth-order valence-corrected chi connectivity index (χ4v) is 1.69. The van der Waals surface area contributed by atoms with Crippen LogP contribution in [0, 0.1) is 0 Å². The highest BCUT2D eigenvalue weighted by molar-refractivity contribution is 5.67. The summed E-state index contributed by atoms with van der Waals surface area (Å²) in [6, 6.07) is 0.710. The molecule has 1 rings (SSSR count). The van der Waals surface area contributed by atoms with Gasteiger partial charge in [-0.2, -0.15) is 0 Å². The minimum atomic E-state index is -0.192. The molecule has 0 radical (unpaired) electrons. The maximum absolute atomic E-state index is 11.4. The predicted octanol–water partition coefficient (Wildman–Crippen LogP) is 0.825. The third-order valence-electron chi connectivity index (χ3n) is 2.08. The van der Waals surface area contributed by atoms with Crippen LogP contribution in [0.3, 0.4) is 0 Å². The molecule has 0 unspecified atom stereocenters. The molecule has 1 aliphatic rings. The van der Waals surface area contributed by atoms with E-state index in [0.29, 0.717) is 18.7 Å². The average molecular weight is 186 g/mol. The number of amides is 1. The number of carbonyl (C=O) groups is 1. The molecule has 76 valence electrons. The molecule has 0 saturated carbocycles. The van der Waals surface area contributed by atoms with Crippen molar-refractivity contribution in [2.45, 2.75) is 32.9 Å². The molecule has 0 bridgehead atoms. The molecule has 0 aromatic carbocycles. The molecule has 1 amide bonds. The monoisotopic (exact) mass is 186 g/mol. The second-order valence-corrected chi connectivity index (χ2v) is 3.57. The van der Waals surface area contributed by atoms with Crippen LogP contribution in [0.4, 0.5) is 4.79 Å². The lowest BCUT2D eigenvalue weighted by Gasteiger charge is -2.35. The summed E-state index contributed by atoms with van der Waals surface area (Å²) in [5, 5.41) is 3.36. The van der Waals surface area contributed by atoms with Gasteiger partial charge < -0.3 is 15.0 Å². The number of nitrogens with zero attached hydrogens (tertiary/aromatic N) is 1. The van der Waals surface area contributed by atoms with E-state index in [2.05, 4.69) is 19.2 Å². The second-order valence-electron chi connectivity index (χ2n) is 3.57. The third-order valence-corrected chi connectivity index (χ3v) is 2.08. The highest BCUT2D eigenvalue weighted by Crippen LogP contribution is 2.05. The van der Waals surface area contributed by atoms with Crippen LogP contribution in [0.1, 0.15) is 20.8 Å². The summed E-state index contributed by atoms with van der Waals surface area (Å²) >= 11 is 0. The summed E-state index contributed by atoms with van der Waals surface area (Å²) < 4.78 is 4.94. The zero-order valence-corrected chi connectivity index (χ0v) is 8.54. The molecule has 1 saturated heterocycles. The smallest absolute Gasteiger partial charge is 0.409 e. The minimum Gasteiger partial charge on any atom is -0.450 e. The van der Waals surface area contributed by atoms with Crippen LogP contribution >= 0.6 is 0 Å². The maximum atomic E-state index is 11.4. The zero-order valence-electron chi connectivity index (χ0n) is 8.54. The Morgan fingerprint density at radius 3 is 2.46 bits per heavy atom. The summed E-state index contributed by atoms with van der Waals surface area (Å²) in [6.07, 6.45) is -0.192. The number of nitrogens with one attached hydrogen (secondary N) is 1. The first kappa shape index (κ1) is 10.3. The van der Waals surface area contributed by atoms with Crippen LogP contribution in [0.15, 0.2) is 0 Å². The maximum Gasteiger partial charge on any atom is 0.409 e. The van der Waals surface area contributed by atoms with E-state index in [1.165, 1.54) is 0 Å². The second kappa shape index (κ2) is 4.46. The molecular formula is C9H18N2O2. The first-order valence-electron chi connectivity index (χ1n) is 4.81. The van der Waals surface area contributed by atoms with Gasteiger partial charge in [-0.3, -0.25) is 0 Å². The molecule has 1 aliphatic heterocycles. The van der Waals surface area contributed by atoms with E-state index < -0.39 is 0 Å². The minimum absolute atomic E-state index is 0.192. The summed E-state index contributed by atoms with van der Waals surface area (Å²) in [5.74, 6) is 0. The summed E-state index contributed by atoms with van der Waals surface area (Å²) in [4.78, 5) is 13.1. The largest absolute Gasteiger partial charge is 0.450 e. The standard InChI is InChI=1S/C9H18N2O2/c1-4-13-9(12)11-5-7(2)10-8(3)6-11/h7-8,10H,4-6H2,1-3H3/t7-,8+. The number of rotatable bonds is 1. The van der Waals surface area contributed by atoms with Gasteiger partial charge in [-0.05, 0) is 20.8 Å². The number of carbonyl (C=O) groups excluding carboxylic acids is 1. The van der Waals surface area contributed by atoms with Gasteiger partial charge in [-0.1, -0.05) is 0 Å². The molecule has 1 N–H and O–H groups in total. The van der Waals surface area contributed by atoms with Crippen molar-refractivity contribution >= 4 is 6.09 Å². The number of hydrogen-bond donors (Lipinski definition) is 1. The van der Waals surface area contributed by atoms with E-state index in [1.54, 1.807) is 4.90 Å². The molecule has 0 aromatic rings. The molecule has 1 heterocycles. The normalized spacial score (nSPS) is 28.7. The summed E-state index contributed by atoms with van der Waals surface area (Å²) in [5.41, 5.74) is 0. The predicted molar refractivity (Wildman–Crippen MR) is 50.7 cm³/mol. The Morgan fingerprint density at radius 1 is 1.46 bits per heavy atom. The molecule has 2 atom stereocenters. The highest BCUT2D eigenvalue weighted by Gasteiger charge is 2.25. The Hall–Kier alpha value is -0.770. The van der Waals surface area contributed by atoms with Crippen molar-refractivity contribution in [2.24, 2.45) is 0 Å². The van der Waals surface area contributed by atoms with Gasteiger partial charge in [0.25, 0.3) is 0 Å². The van der Waals surface area contributed by atoms with Gasteiger partial charge in [0, 0.05) is 25.2 Å². The third kappa shape index (κ3) is 2.88. The molecular weight excluding hydrogens is 168 g/mol. The average Bonchev–Trinajstić information content (AvgIpc) is 2.03. The van der Waals surface area contributed by atoms with Gasteiger partial charge in [0.2, 0.25) is 0 Å². The van der Waals surface area contributed by atoms with Crippen molar-refractivity contribution in [1.82, 2.24) is 10.2 Å². The van der Waals surface area contributed by atoms with Crippen LogP contribution in [0.25, 0.3) is 0 Å². The molecule has 4 nitrogen and oxygen atoms in total. The van der Waals surface area contributed by atoms with Crippen LogP contribution in [0.2, 0.25) is 0 Å². The first-order chi connectivity index (χ1) is 6.13. The number of hydrogen-bond acceptors (Lipinski definition) is 3. The first-order valence-corrected chi connectivity index (χ1v) is 4.81. The lowest BCUT2D eigenvalue weighted by atomic mass is 10.2. The van der Waals surface area contributed by atoms with Crippen LogP contribution in [0.5, 0.6) is 0 Å². The van der Waals surface area contributed by atoms with Crippen LogP contribution < -0.4 is 5.32 Å². The van der Waals surface area contributed by atoms with E-state index in [1.807, 2.05) is 6.92 Å². The van der Waals surface area contributed by atoms with Gasteiger partial charge in [-0.25, -0.2) is 4.79 Å². The highest BCUT2D eigenvalue weighted by atomic mass is 16.6. The lowest BCUT2D eigenvalue weighted by molar-refractivity contribution is 0.0884. The fraction of sp³-hybridized carbons (Fsp3) is 0.889. The SMILES string of the molecule is CCOC(=O)N1C[C@@H](C)N[C@@H](C)C1. The Bertz CT molecular complexity index is 174. The topological polar surface area (TPSA) is 41.6 Å². The molecule has 0 spiro atoms. The van der Waals surface area contributed by atoms with E-state index in [-0.39, 0.29) is 6.09 Å². The van der Waals surface area contributed by atoms with Gasteiger partial charge in [-0.15, -0.1) is 0 Å². The van der Waals surface area contributed by atoms with Crippen molar-refractivity contribution < 1.29 is 9.53 Å². The van der Waals surface area contributed by atoms with Crippen molar-refractivity contribution in [1.29, 1.82) is 0 Å². The van der Waals surface area contributed by atoms with Gasteiger partial charge in [0.15, 0.2) is 0 Å². The Kier molecular flexibility index (Phi) is 3.54. The van der Waals surface area contributed by atoms with Gasteiger partial charge >= 0.3 is 6.09 Å². The fourth-order valence-electron chi connectivity index (χ4n) is 1.69. The van der Waals surface area contributed by atoms with Gasteiger partial charge in [0.1, 0.15) is 0 Å². The molecule has 4 heteroatoms. The van der Waals surface area contributed by atoms with Crippen molar-refractivity contribution in [3.63, 3.8) is 0 Å². The van der Waals surface area contributed by atoms with Gasteiger partial charge in [0.05, 0.1) is 6.61 Å². The van der Waals surface area contributed by atoms with Crippen LogP contribution in [-0.4, -0.2) is 42.8 Å². The Labute approximate surface area is 79.2 Å². The zero-order chi connectivity index (χ0) is 9.84. The van der Waals surface area contributed by atoms with E-state index in [0.717, 1.165) is 13.1 Å². The number of ether oxygens (including phenoxy) is 1. The van der Waals surface area contributed by atoms with E-state index >= 15 is 0 Å². The molecule has 13 heavy (non-hydrogen) atoms. The Balaban J connectivity index is 2.45. The quantitative estimate of drug-likeness (QED) is 0.659. The van der Waals surface area contributed by atoms with Crippen molar-refractivity contribution in [2.75, 3.05) is 19.7 Å². The summed E-state index contributed by atoms with van der Waals surface area (Å²) in [6.45, 7) is 7.90. The van der Waals surface area contributed by atoms with E-state index in [9.17, 15) is 4.79 Å². The molecule has 0 aliphatic carbocycles. The number of piperazine rings is 1. The molecule has 0 aromatic heterocycles. The Morgan fingerprint density at radius 2 is 2.00 bits per heavy atom. The van der Waals surface area contributed by atoms with E-state index in [4.69, 9.17) is 4.74 Å². The van der Waals surface area contributed by atoms with Crippen LogP contribution in [-0.2, 0) is 4.74 Å².